The van der Waals surface area contributed by atoms with Crippen molar-refractivity contribution in [1.82, 2.24) is 25.2 Å². The van der Waals surface area contributed by atoms with Crippen LogP contribution in [0.1, 0.15) is 62.1 Å². The lowest BCUT2D eigenvalue weighted by Gasteiger charge is -2.35. The molecule has 2 N–H and O–H groups in total. The van der Waals surface area contributed by atoms with Gasteiger partial charge in [0.15, 0.2) is 5.82 Å². The minimum absolute atomic E-state index is 0.0369. The minimum atomic E-state index is -0.873. The van der Waals surface area contributed by atoms with Crippen molar-refractivity contribution in [1.29, 1.82) is 0 Å². The van der Waals surface area contributed by atoms with Crippen LogP contribution in [-0.2, 0) is 0 Å². The maximum Gasteiger partial charge on any atom is 0.319 e. The number of ether oxygens (including phenoxy) is 1. The summed E-state index contributed by atoms with van der Waals surface area (Å²) in [5, 5.41) is 15.0. The topological polar surface area (TPSA) is 86.6 Å². The molecular weight excluding hydrogens is 562 g/mol. The molecule has 2 aromatic heterocycles. The number of aryl methyl sites for hydroxylation is 1. The van der Waals surface area contributed by atoms with E-state index in [1.54, 1.807) is 6.07 Å². The lowest BCUT2D eigenvalue weighted by Crippen LogP contribution is -2.51. The third kappa shape index (κ3) is 4.40. The second-order valence-electron chi connectivity index (χ2n) is 13.0. The Morgan fingerprint density at radius 3 is 2.67 bits per heavy atom. The second kappa shape index (κ2) is 9.86. The number of hydrogen-bond acceptors (Lipinski definition) is 8. The Labute approximate surface area is 248 Å². The monoisotopic (exact) mass is 596 g/mol. The summed E-state index contributed by atoms with van der Waals surface area (Å²) in [5.74, 6) is 0.206. The smallest absolute Gasteiger partial charge is 0.319 e. The second-order valence-corrected chi connectivity index (χ2v) is 13.4. The van der Waals surface area contributed by atoms with Gasteiger partial charge in [-0.15, -0.1) is 0 Å². The van der Waals surface area contributed by atoms with Crippen molar-refractivity contribution >= 4 is 28.3 Å². The van der Waals surface area contributed by atoms with Crippen molar-refractivity contribution in [2.45, 2.75) is 81.6 Å². The number of rotatable bonds is 6. The first-order chi connectivity index (χ1) is 20.3. The number of halogens is 3. The summed E-state index contributed by atoms with van der Waals surface area (Å²) in [6.45, 7) is 4.90. The molecule has 6 heterocycles. The quantitative estimate of drug-likeness (QED) is 0.398. The van der Waals surface area contributed by atoms with Gasteiger partial charge in [0.1, 0.15) is 35.6 Å². The highest BCUT2D eigenvalue weighted by Gasteiger charge is 2.49. The molecular formula is C31H35ClF2N6O2. The van der Waals surface area contributed by atoms with Crippen molar-refractivity contribution < 1.29 is 18.6 Å². The van der Waals surface area contributed by atoms with Gasteiger partial charge in [-0.05, 0) is 75.6 Å². The van der Waals surface area contributed by atoms with E-state index in [1.807, 2.05) is 6.92 Å². The van der Waals surface area contributed by atoms with Gasteiger partial charge in [-0.2, -0.15) is 9.97 Å². The molecule has 5 aliphatic rings. The van der Waals surface area contributed by atoms with Gasteiger partial charge >= 0.3 is 6.01 Å². The molecule has 1 aliphatic carbocycles. The van der Waals surface area contributed by atoms with E-state index in [-0.39, 0.29) is 41.0 Å². The van der Waals surface area contributed by atoms with E-state index in [0.29, 0.717) is 52.5 Å². The Kier molecular flexibility index (Phi) is 6.28. The molecule has 222 valence electrons. The van der Waals surface area contributed by atoms with E-state index in [1.165, 1.54) is 6.07 Å². The number of aromatic hydroxyl groups is 1. The fourth-order valence-electron chi connectivity index (χ4n) is 7.98. The van der Waals surface area contributed by atoms with Crippen LogP contribution in [0.5, 0.6) is 11.8 Å². The van der Waals surface area contributed by atoms with Gasteiger partial charge in [0, 0.05) is 48.7 Å². The van der Waals surface area contributed by atoms with Crippen molar-refractivity contribution in [2.24, 2.45) is 0 Å². The van der Waals surface area contributed by atoms with E-state index in [2.05, 4.69) is 20.1 Å². The summed E-state index contributed by atoms with van der Waals surface area (Å²) in [5.41, 5.74) is 1.79. The first-order valence-corrected chi connectivity index (χ1v) is 15.6. The van der Waals surface area contributed by atoms with Gasteiger partial charge in [0.25, 0.3) is 0 Å². The molecule has 5 fully saturated rings. The van der Waals surface area contributed by atoms with Crippen LogP contribution in [0.25, 0.3) is 22.2 Å². The highest BCUT2D eigenvalue weighted by molar-refractivity contribution is 6.32. The zero-order chi connectivity index (χ0) is 28.7. The van der Waals surface area contributed by atoms with Crippen molar-refractivity contribution in [2.75, 3.05) is 37.7 Å². The fraction of sp³-hybridized carbons (Fsp3) is 0.581. The Bertz CT molecular complexity index is 1580. The highest BCUT2D eigenvalue weighted by Crippen LogP contribution is 2.49. The maximum atomic E-state index is 16.7. The van der Waals surface area contributed by atoms with Crippen LogP contribution in [-0.4, -0.2) is 81.5 Å². The van der Waals surface area contributed by atoms with Crippen LogP contribution < -0.4 is 15.0 Å². The van der Waals surface area contributed by atoms with E-state index >= 15 is 4.39 Å². The Morgan fingerprint density at radius 2 is 1.90 bits per heavy atom. The van der Waals surface area contributed by atoms with Gasteiger partial charge in [-0.25, -0.2) is 13.8 Å². The van der Waals surface area contributed by atoms with Crippen molar-refractivity contribution in [3.63, 3.8) is 0 Å². The molecule has 0 radical (unpaired) electrons. The summed E-state index contributed by atoms with van der Waals surface area (Å²) >= 11 is 6.57. The third-order valence-electron chi connectivity index (χ3n) is 10.0. The first-order valence-electron chi connectivity index (χ1n) is 15.2. The number of aromatic nitrogens is 3. The van der Waals surface area contributed by atoms with Crippen LogP contribution in [0.3, 0.4) is 0 Å². The molecule has 8 rings (SSSR count). The van der Waals surface area contributed by atoms with E-state index < -0.39 is 12.0 Å². The number of phenolic OH excluding ortho intramolecular Hbond substituents is 1. The molecule has 42 heavy (non-hydrogen) atoms. The number of piperazine rings is 1. The average Bonchev–Trinajstić information content (AvgIpc) is 3.53. The highest BCUT2D eigenvalue weighted by atomic mass is 35.5. The van der Waals surface area contributed by atoms with Gasteiger partial charge < -0.3 is 20.1 Å². The normalized spacial score (nSPS) is 29.0. The first kappa shape index (κ1) is 26.8. The van der Waals surface area contributed by atoms with Crippen molar-refractivity contribution in [3.8, 4) is 23.0 Å². The lowest BCUT2D eigenvalue weighted by atomic mass is 9.95. The fourth-order valence-corrected chi connectivity index (χ4v) is 8.35. The molecule has 8 nitrogen and oxygen atoms in total. The number of nitrogens with zero attached hydrogens (tertiary/aromatic N) is 5. The van der Waals surface area contributed by atoms with Crippen LogP contribution in [0.15, 0.2) is 12.1 Å². The molecule has 0 spiro atoms. The number of hydrogen-bond donors (Lipinski definition) is 2. The Balaban J connectivity index is 1.26. The van der Waals surface area contributed by atoms with Crippen LogP contribution in [0.4, 0.5) is 14.6 Å². The van der Waals surface area contributed by atoms with Gasteiger partial charge in [0.2, 0.25) is 0 Å². The number of fused-ring (bicyclic) bond motifs is 4. The standard InChI is InChI=1S/C31H35ClF2N6O2/c1-16-24-28(26(34)27(35-16)22-9-21(41)10-23(32)25(22)17-3-4-17)37-30(38-29(24)39-13-19-5-6-20(14-39)36-19)42-15-31-7-2-8-40(31)12-18(33)11-31/h9-10,17-20,36,41H,2-8,11-15H2,1H3/t18-,19-,20+,31+/m1/s1. The number of alkyl halides is 1. The number of nitrogens with one attached hydrogen (secondary N) is 1. The summed E-state index contributed by atoms with van der Waals surface area (Å²) in [6, 6.07) is 3.84. The Hall–Kier alpha value is -2.82. The van der Waals surface area contributed by atoms with Gasteiger partial charge in [0.05, 0.1) is 16.6 Å². The molecule has 11 heteroatoms. The zero-order valence-corrected chi connectivity index (χ0v) is 24.4. The number of pyridine rings is 1. The summed E-state index contributed by atoms with van der Waals surface area (Å²) in [6.07, 6.45) is 5.52. The van der Waals surface area contributed by atoms with Crippen molar-refractivity contribution in [3.05, 3.63) is 34.2 Å². The van der Waals surface area contributed by atoms with Gasteiger partial charge in [-0.1, -0.05) is 11.6 Å². The number of anilines is 1. The molecule has 2 bridgehead atoms. The van der Waals surface area contributed by atoms with Crippen LogP contribution >= 0.6 is 11.6 Å². The molecule has 4 atom stereocenters. The van der Waals surface area contributed by atoms with Crippen LogP contribution in [0, 0.1) is 12.7 Å². The molecule has 4 saturated heterocycles. The molecule has 0 unspecified atom stereocenters. The Morgan fingerprint density at radius 1 is 1.12 bits per heavy atom. The average molecular weight is 597 g/mol. The molecule has 1 saturated carbocycles. The van der Waals surface area contributed by atoms with E-state index in [9.17, 15) is 9.50 Å². The molecule has 3 aromatic rings. The number of phenols is 1. The maximum absolute atomic E-state index is 16.7. The summed E-state index contributed by atoms with van der Waals surface area (Å²) in [7, 11) is 0. The molecule has 0 amide bonds. The molecule has 1 aromatic carbocycles. The van der Waals surface area contributed by atoms with Gasteiger partial charge in [-0.3, -0.25) is 4.90 Å². The van der Waals surface area contributed by atoms with Crippen LogP contribution in [0.2, 0.25) is 5.02 Å². The predicted molar refractivity (Wildman–Crippen MR) is 157 cm³/mol. The molecule has 4 aliphatic heterocycles. The zero-order valence-electron chi connectivity index (χ0n) is 23.7. The predicted octanol–water partition coefficient (Wildman–Crippen LogP) is 5.27. The van der Waals surface area contributed by atoms with E-state index in [4.69, 9.17) is 26.3 Å². The number of benzene rings is 1. The SMILES string of the molecule is Cc1nc(-c2cc(O)cc(Cl)c2C2CC2)c(F)c2nc(OC[C@@]34CCCN3C[C@H](F)C4)nc(N3C[C@H]4CC[C@@H](C3)N4)c12. The lowest BCUT2D eigenvalue weighted by molar-refractivity contribution is 0.107. The third-order valence-corrected chi connectivity index (χ3v) is 10.3. The summed E-state index contributed by atoms with van der Waals surface area (Å²) < 4.78 is 37.5. The minimum Gasteiger partial charge on any atom is -0.508 e. The largest absolute Gasteiger partial charge is 0.508 e. The summed E-state index contributed by atoms with van der Waals surface area (Å²) in [4.78, 5) is 18.7. The van der Waals surface area contributed by atoms with E-state index in [0.717, 1.165) is 63.7 Å².